The Morgan fingerprint density at radius 3 is 2.22 bits per heavy atom. The first-order chi connectivity index (χ1) is 11.0. The van der Waals surface area contributed by atoms with E-state index in [1.54, 1.807) is 18.2 Å². The van der Waals surface area contributed by atoms with Gasteiger partial charge in [0.05, 0.1) is 0 Å². The summed E-state index contributed by atoms with van der Waals surface area (Å²) in [7, 11) is 0. The highest BCUT2D eigenvalue weighted by atomic mass is 35.5. The first-order valence-electron chi connectivity index (χ1n) is 7.23. The molecule has 1 aliphatic rings. The molecule has 1 amide bonds. The lowest BCUT2D eigenvalue weighted by molar-refractivity contribution is 0.100. The molecule has 2 heterocycles. The highest BCUT2D eigenvalue weighted by molar-refractivity contribution is 6.29. The maximum atomic E-state index is 11.1. The third kappa shape index (κ3) is 3.45. The van der Waals surface area contributed by atoms with E-state index in [1.165, 1.54) is 0 Å². The van der Waals surface area contributed by atoms with Crippen LogP contribution in [-0.4, -0.2) is 42.1 Å². The van der Waals surface area contributed by atoms with Crippen LogP contribution >= 0.6 is 11.6 Å². The molecule has 2 aromatic rings. The SMILES string of the molecule is NC(=O)c1ccc(N2CCN(c3cc(Cl)nc(N)n3)CC2)cc1. The average Bonchev–Trinajstić information content (AvgIpc) is 2.54. The number of carbonyl (C=O) groups is 1. The molecule has 1 aliphatic heterocycles. The van der Waals surface area contributed by atoms with E-state index in [9.17, 15) is 4.79 Å². The highest BCUT2D eigenvalue weighted by Gasteiger charge is 2.19. The van der Waals surface area contributed by atoms with Gasteiger partial charge in [0, 0.05) is 43.5 Å². The Bertz CT molecular complexity index is 692. The van der Waals surface area contributed by atoms with Crippen molar-refractivity contribution in [2.45, 2.75) is 0 Å². The molecule has 0 saturated carbocycles. The molecule has 3 rings (SSSR count). The van der Waals surface area contributed by atoms with E-state index in [2.05, 4.69) is 19.8 Å². The number of halogens is 1. The van der Waals surface area contributed by atoms with Crippen LogP contribution in [0.25, 0.3) is 0 Å². The molecule has 1 fully saturated rings. The topological polar surface area (TPSA) is 101 Å². The fourth-order valence-corrected chi connectivity index (χ4v) is 2.80. The van der Waals surface area contributed by atoms with Crippen molar-refractivity contribution in [1.82, 2.24) is 9.97 Å². The van der Waals surface area contributed by atoms with Gasteiger partial charge in [0.1, 0.15) is 11.0 Å². The standard InChI is InChI=1S/C15H17ClN6O/c16-12-9-13(20-15(18)19-12)22-7-5-21(6-8-22)11-3-1-10(2-4-11)14(17)23/h1-4,9H,5-8H2,(H2,17,23)(H2,18,19,20). The summed E-state index contributed by atoms with van der Waals surface area (Å²) in [6.45, 7) is 3.25. The number of nitrogen functional groups attached to an aromatic ring is 1. The van der Waals surface area contributed by atoms with Crippen molar-refractivity contribution in [1.29, 1.82) is 0 Å². The number of hydrogen-bond donors (Lipinski definition) is 2. The van der Waals surface area contributed by atoms with E-state index >= 15 is 0 Å². The van der Waals surface area contributed by atoms with Gasteiger partial charge in [0.2, 0.25) is 11.9 Å². The summed E-state index contributed by atoms with van der Waals surface area (Å²) in [6, 6.07) is 9.03. The summed E-state index contributed by atoms with van der Waals surface area (Å²) in [5.41, 5.74) is 12.5. The van der Waals surface area contributed by atoms with Crippen molar-refractivity contribution in [3.63, 3.8) is 0 Å². The van der Waals surface area contributed by atoms with Crippen molar-refractivity contribution in [2.24, 2.45) is 5.73 Å². The number of nitrogens with zero attached hydrogens (tertiary/aromatic N) is 4. The normalized spacial score (nSPS) is 14.8. The molecule has 0 aliphatic carbocycles. The van der Waals surface area contributed by atoms with Gasteiger partial charge in [-0.05, 0) is 24.3 Å². The predicted molar refractivity (Wildman–Crippen MR) is 90.8 cm³/mol. The Hall–Kier alpha value is -2.54. The predicted octanol–water partition coefficient (Wildman–Crippen LogP) is 1.14. The Morgan fingerprint density at radius 1 is 1.04 bits per heavy atom. The molecular formula is C15H17ClN6O. The minimum absolute atomic E-state index is 0.178. The minimum atomic E-state index is -0.417. The van der Waals surface area contributed by atoms with Gasteiger partial charge in [0.15, 0.2) is 0 Å². The van der Waals surface area contributed by atoms with Crippen LogP contribution in [0.5, 0.6) is 0 Å². The van der Waals surface area contributed by atoms with E-state index in [0.29, 0.717) is 10.7 Å². The Morgan fingerprint density at radius 2 is 1.65 bits per heavy atom. The quantitative estimate of drug-likeness (QED) is 0.817. The van der Waals surface area contributed by atoms with E-state index in [1.807, 2.05) is 12.1 Å². The molecule has 1 aromatic heterocycles. The molecule has 0 unspecified atom stereocenters. The van der Waals surface area contributed by atoms with Gasteiger partial charge in [-0.3, -0.25) is 4.79 Å². The lowest BCUT2D eigenvalue weighted by Crippen LogP contribution is -2.46. The van der Waals surface area contributed by atoms with Crippen LogP contribution in [0.15, 0.2) is 30.3 Å². The highest BCUT2D eigenvalue weighted by Crippen LogP contribution is 2.21. The summed E-state index contributed by atoms with van der Waals surface area (Å²) in [6.07, 6.45) is 0. The van der Waals surface area contributed by atoms with Gasteiger partial charge in [-0.25, -0.2) is 4.98 Å². The number of nitrogens with two attached hydrogens (primary N) is 2. The van der Waals surface area contributed by atoms with Crippen LogP contribution in [0.2, 0.25) is 5.15 Å². The largest absolute Gasteiger partial charge is 0.368 e. The Balaban J connectivity index is 1.67. The average molecular weight is 333 g/mol. The van der Waals surface area contributed by atoms with E-state index in [4.69, 9.17) is 23.1 Å². The lowest BCUT2D eigenvalue weighted by atomic mass is 10.1. The van der Waals surface area contributed by atoms with Gasteiger partial charge < -0.3 is 21.3 Å². The van der Waals surface area contributed by atoms with Gasteiger partial charge in [-0.1, -0.05) is 11.6 Å². The summed E-state index contributed by atoms with van der Waals surface area (Å²) in [4.78, 5) is 23.6. The van der Waals surface area contributed by atoms with E-state index in [0.717, 1.165) is 37.7 Å². The number of benzene rings is 1. The smallest absolute Gasteiger partial charge is 0.248 e. The molecule has 120 valence electrons. The number of hydrogen-bond acceptors (Lipinski definition) is 6. The molecule has 0 bridgehead atoms. The monoisotopic (exact) mass is 332 g/mol. The number of piperazine rings is 1. The Kier molecular flexibility index (Phi) is 4.20. The number of anilines is 3. The fraction of sp³-hybridized carbons (Fsp3) is 0.267. The third-order valence-electron chi connectivity index (χ3n) is 3.82. The van der Waals surface area contributed by atoms with Crippen LogP contribution in [0.1, 0.15) is 10.4 Å². The van der Waals surface area contributed by atoms with Gasteiger partial charge in [0.25, 0.3) is 0 Å². The van der Waals surface area contributed by atoms with Crippen LogP contribution in [-0.2, 0) is 0 Å². The van der Waals surface area contributed by atoms with E-state index in [-0.39, 0.29) is 5.95 Å². The van der Waals surface area contributed by atoms with Crippen LogP contribution < -0.4 is 21.3 Å². The maximum Gasteiger partial charge on any atom is 0.248 e. The lowest BCUT2D eigenvalue weighted by Gasteiger charge is -2.36. The molecule has 0 atom stereocenters. The first-order valence-corrected chi connectivity index (χ1v) is 7.60. The second kappa shape index (κ2) is 6.29. The Labute approximate surface area is 138 Å². The molecular weight excluding hydrogens is 316 g/mol. The zero-order valence-corrected chi connectivity index (χ0v) is 13.2. The summed E-state index contributed by atoms with van der Waals surface area (Å²) in [5.74, 6) is 0.503. The van der Waals surface area contributed by atoms with Crippen LogP contribution in [0, 0.1) is 0 Å². The second-order valence-corrected chi connectivity index (χ2v) is 5.68. The van der Waals surface area contributed by atoms with Crippen molar-refractivity contribution < 1.29 is 4.79 Å². The van der Waals surface area contributed by atoms with Crippen molar-refractivity contribution >= 4 is 35.0 Å². The van der Waals surface area contributed by atoms with Gasteiger partial charge in [-0.15, -0.1) is 0 Å². The van der Waals surface area contributed by atoms with Crippen molar-refractivity contribution in [3.05, 3.63) is 41.0 Å². The van der Waals surface area contributed by atoms with Crippen molar-refractivity contribution in [2.75, 3.05) is 41.7 Å². The number of rotatable bonds is 3. The van der Waals surface area contributed by atoms with Gasteiger partial charge >= 0.3 is 0 Å². The number of aromatic nitrogens is 2. The molecule has 7 nitrogen and oxygen atoms in total. The molecule has 8 heteroatoms. The van der Waals surface area contributed by atoms with E-state index < -0.39 is 5.91 Å². The first kappa shape index (κ1) is 15.4. The summed E-state index contributed by atoms with van der Waals surface area (Å²) >= 11 is 5.93. The zero-order valence-electron chi connectivity index (χ0n) is 12.4. The molecule has 1 saturated heterocycles. The molecule has 0 spiro atoms. The fourth-order valence-electron chi connectivity index (χ4n) is 2.62. The number of primary amides is 1. The summed E-state index contributed by atoms with van der Waals surface area (Å²) < 4.78 is 0. The minimum Gasteiger partial charge on any atom is -0.368 e. The number of carbonyl (C=O) groups excluding carboxylic acids is 1. The summed E-state index contributed by atoms with van der Waals surface area (Å²) in [5, 5.41) is 0.344. The second-order valence-electron chi connectivity index (χ2n) is 5.29. The van der Waals surface area contributed by atoms with Crippen LogP contribution in [0.4, 0.5) is 17.5 Å². The maximum absolute atomic E-state index is 11.1. The molecule has 0 radical (unpaired) electrons. The van der Waals surface area contributed by atoms with Crippen LogP contribution in [0.3, 0.4) is 0 Å². The number of amides is 1. The molecule has 23 heavy (non-hydrogen) atoms. The molecule has 1 aromatic carbocycles. The third-order valence-corrected chi connectivity index (χ3v) is 4.01. The zero-order chi connectivity index (χ0) is 16.4. The molecule has 4 N–H and O–H groups in total. The van der Waals surface area contributed by atoms with Crippen molar-refractivity contribution in [3.8, 4) is 0 Å². The van der Waals surface area contributed by atoms with Gasteiger partial charge in [-0.2, -0.15) is 4.98 Å².